The topological polar surface area (TPSA) is 109 Å². The third-order valence-corrected chi connectivity index (χ3v) is 2.26. The molecule has 0 heterocycles. The summed E-state index contributed by atoms with van der Waals surface area (Å²) in [5, 5.41) is 23.1. The summed E-state index contributed by atoms with van der Waals surface area (Å²) < 4.78 is 0. The first-order chi connectivity index (χ1) is 7.97. The molecule has 19 heavy (non-hydrogen) atoms. The van der Waals surface area contributed by atoms with Gasteiger partial charge in [0.25, 0.3) is 0 Å². The van der Waals surface area contributed by atoms with Crippen LogP contribution in [0.15, 0.2) is 0 Å². The van der Waals surface area contributed by atoms with Gasteiger partial charge in [0.2, 0.25) is 5.91 Å². The summed E-state index contributed by atoms with van der Waals surface area (Å²) in [5.74, 6) is -3.22. The van der Waals surface area contributed by atoms with E-state index in [0.29, 0.717) is 6.42 Å². The molecule has 0 saturated carbocycles. The summed E-state index contributed by atoms with van der Waals surface area (Å²) in [7, 11) is 0. The molecule has 0 rings (SSSR count). The Balaban J connectivity index is -0.00000128. The van der Waals surface area contributed by atoms with Crippen molar-refractivity contribution in [3.05, 3.63) is 0 Å². The summed E-state index contributed by atoms with van der Waals surface area (Å²) in [5.41, 5.74) is 0. The third kappa shape index (κ3) is 14.6. The Labute approximate surface area is 157 Å². The molecule has 1 N–H and O–H groups in total. The van der Waals surface area contributed by atoms with Crippen molar-refractivity contribution in [3.8, 4) is 0 Å². The third-order valence-electron chi connectivity index (χ3n) is 2.26. The van der Waals surface area contributed by atoms with Gasteiger partial charge in [-0.3, -0.25) is 4.79 Å². The first-order valence-electron chi connectivity index (χ1n) is 5.67. The number of rotatable bonds is 9. The average molecular weight is 289 g/mol. The van der Waals surface area contributed by atoms with Gasteiger partial charge in [0.15, 0.2) is 0 Å². The summed E-state index contributed by atoms with van der Waals surface area (Å²) >= 11 is 0. The molecule has 1 atom stereocenters. The van der Waals surface area contributed by atoms with Crippen molar-refractivity contribution in [1.82, 2.24) is 5.32 Å². The molecule has 98 valence electrons. The Morgan fingerprint density at radius 1 is 1.05 bits per heavy atom. The summed E-state index contributed by atoms with van der Waals surface area (Å²) in [6.07, 6.45) is 2.13. The second-order valence-corrected chi connectivity index (χ2v) is 3.81. The fourth-order valence-corrected chi connectivity index (χ4v) is 1.31. The number of nitrogens with one attached hydrogen (secondary N) is 1. The van der Waals surface area contributed by atoms with E-state index in [1.807, 2.05) is 6.92 Å². The normalized spacial score (nSPS) is 10.6. The number of amides is 1. The number of carbonyl (C=O) groups is 3. The maximum atomic E-state index is 11.3. The molecular formula is C11H17NNa2O5. The minimum Gasteiger partial charge on any atom is -0.550 e. The standard InChI is InChI=1S/C11H19NO5.2Na/c1-2-3-4-5-9(13)12-8(11(16)17)6-7-10(14)15;;/h8H,2-7H2,1H3,(H,12,13)(H,14,15)(H,16,17);;/q;2*+1/p-2. The fourth-order valence-electron chi connectivity index (χ4n) is 1.31. The molecule has 0 saturated heterocycles. The molecule has 0 bridgehead atoms. The van der Waals surface area contributed by atoms with Crippen LogP contribution in [0.1, 0.15) is 45.4 Å². The number of hydrogen-bond donors (Lipinski definition) is 1. The monoisotopic (exact) mass is 289 g/mol. The van der Waals surface area contributed by atoms with E-state index in [-0.39, 0.29) is 72.0 Å². The molecule has 1 amide bonds. The van der Waals surface area contributed by atoms with Gasteiger partial charge in [-0.1, -0.05) is 19.8 Å². The largest absolute Gasteiger partial charge is 1.00 e. The van der Waals surface area contributed by atoms with Gasteiger partial charge in [-0.2, -0.15) is 0 Å². The number of unbranched alkanes of at least 4 members (excludes halogenated alkanes) is 2. The van der Waals surface area contributed by atoms with Gasteiger partial charge in [0, 0.05) is 12.4 Å². The van der Waals surface area contributed by atoms with Crippen molar-refractivity contribution < 1.29 is 83.7 Å². The van der Waals surface area contributed by atoms with Crippen molar-refractivity contribution >= 4 is 17.8 Å². The molecular weight excluding hydrogens is 272 g/mol. The van der Waals surface area contributed by atoms with Gasteiger partial charge in [0.1, 0.15) is 0 Å². The first kappa shape index (κ1) is 24.4. The number of carboxylic acid groups (broad SMARTS) is 2. The van der Waals surface area contributed by atoms with Gasteiger partial charge in [0.05, 0.1) is 12.0 Å². The Morgan fingerprint density at radius 2 is 1.63 bits per heavy atom. The van der Waals surface area contributed by atoms with Crippen LogP contribution in [0.4, 0.5) is 0 Å². The average Bonchev–Trinajstić information content (AvgIpc) is 2.23. The minimum atomic E-state index is -1.48. The second kappa shape index (κ2) is 14.8. The van der Waals surface area contributed by atoms with E-state index in [4.69, 9.17) is 0 Å². The number of carboxylic acids is 2. The Morgan fingerprint density at radius 3 is 2.05 bits per heavy atom. The van der Waals surface area contributed by atoms with Crippen molar-refractivity contribution in [1.29, 1.82) is 0 Å². The van der Waals surface area contributed by atoms with Crippen LogP contribution in [0, 0.1) is 0 Å². The smallest absolute Gasteiger partial charge is 0.550 e. The predicted molar refractivity (Wildman–Crippen MR) is 55.3 cm³/mol. The van der Waals surface area contributed by atoms with Crippen molar-refractivity contribution in [3.63, 3.8) is 0 Å². The Kier molecular flexibility index (Phi) is 19.0. The van der Waals surface area contributed by atoms with Crippen LogP contribution in [-0.2, 0) is 14.4 Å². The second-order valence-electron chi connectivity index (χ2n) is 3.81. The van der Waals surface area contributed by atoms with E-state index in [1.165, 1.54) is 0 Å². The van der Waals surface area contributed by atoms with Crippen molar-refractivity contribution in [2.45, 2.75) is 51.5 Å². The Bertz CT molecular complexity index is 286. The van der Waals surface area contributed by atoms with Gasteiger partial charge in [-0.25, -0.2) is 0 Å². The SMILES string of the molecule is CCCCCC(=O)NC(CCC(=O)[O-])C(=O)[O-].[Na+].[Na+]. The molecule has 0 aromatic heterocycles. The van der Waals surface area contributed by atoms with Crippen molar-refractivity contribution in [2.24, 2.45) is 0 Å². The zero-order valence-corrected chi connectivity index (χ0v) is 15.9. The summed E-state index contributed by atoms with van der Waals surface area (Å²) in [6, 6.07) is -1.26. The number of aliphatic carboxylic acids is 2. The first-order valence-corrected chi connectivity index (χ1v) is 5.67. The van der Waals surface area contributed by atoms with E-state index in [1.54, 1.807) is 0 Å². The van der Waals surface area contributed by atoms with E-state index >= 15 is 0 Å². The van der Waals surface area contributed by atoms with Crippen LogP contribution in [0.5, 0.6) is 0 Å². The number of carbonyl (C=O) groups excluding carboxylic acids is 3. The minimum absolute atomic E-state index is 0. The summed E-state index contributed by atoms with van der Waals surface area (Å²) in [4.78, 5) is 32.1. The van der Waals surface area contributed by atoms with Gasteiger partial charge >= 0.3 is 59.1 Å². The van der Waals surface area contributed by atoms with Gasteiger partial charge < -0.3 is 25.1 Å². The van der Waals surface area contributed by atoms with Crippen LogP contribution in [-0.4, -0.2) is 23.9 Å². The van der Waals surface area contributed by atoms with Crippen LogP contribution < -0.4 is 74.6 Å². The van der Waals surface area contributed by atoms with Crippen molar-refractivity contribution in [2.75, 3.05) is 0 Å². The molecule has 0 aromatic rings. The van der Waals surface area contributed by atoms with Gasteiger partial charge in [-0.05, 0) is 19.3 Å². The van der Waals surface area contributed by atoms with E-state index in [9.17, 15) is 24.6 Å². The van der Waals surface area contributed by atoms with E-state index in [0.717, 1.165) is 12.8 Å². The summed E-state index contributed by atoms with van der Waals surface area (Å²) in [6.45, 7) is 1.99. The maximum absolute atomic E-state index is 11.3. The zero-order valence-electron chi connectivity index (χ0n) is 11.9. The maximum Gasteiger partial charge on any atom is 1.00 e. The van der Waals surface area contributed by atoms with Crippen LogP contribution in [0.25, 0.3) is 0 Å². The zero-order chi connectivity index (χ0) is 13.3. The predicted octanol–water partition coefficient (Wildman–Crippen LogP) is -7.66. The molecule has 0 aliphatic rings. The molecule has 0 fully saturated rings. The molecule has 0 aliphatic carbocycles. The quantitative estimate of drug-likeness (QED) is 0.335. The van der Waals surface area contributed by atoms with E-state index < -0.39 is 30.3 Å². The molecule has 0 aromatic carbocycles. The molecule has 0 spiro atoms. The molecule has 8 heteroatoms. The fraction of sp³-hybridized carbons (Fsp3) is 0.727. The molecule has 1 unspecified atom stereocenters. The Hall–Kier alpha value is 0.410. The molecule has 0 radical (unpaired) electrons. The van der Waals surface area contributed by atoms with E-state index in [2.05, 4.69) is 5.32 Å². The van der Waals surface area contributed by atoms with Crippen LogP contribution in [0.3, 0.4) is 0 Å². The van der Waals surface area contributed by atoms with Gasteiger partial charge in [-0.15, -0.1) is 0 Å². The van der Waals surface area contributed by atoms with Crippen LogP contribution in [0.2, 0.25) is 0 Å². The molecule has 0 aliphatic heterocycles. The van der Waals surface area contributed by atoms with Crippen LogP contribution >= 0.6 is 0 Å². The number of hydrogen-bond acceptors (Lipinski definition) is 5. The molecule has 6 nitrogen and oxygen atoms in total.